The molecule has 4 heteroatoms. The van der Waals surface area contributed by atoms with E-state index >= 15 is 0 Å². The predicted octanol–water partition coefficient (Wildman–Crippen LogP) is 0.401. The molecule has 0 aliphatic rings. The summed E-state index contributed by atoms with van der Waals surface area (Å²) >= 11 is -0.836. The van der Waals surface area contributed by atoms with Crippen LogP contribution in [0.25, 0.3) is 0 Å². The van der Waals surface area contributed by atoms with Gasteiger partial charge in [-0.1, -0.05) is 13.8 Å². The van der Waals surface area contributed by atoms with Gasteiger partial charge in [0, 0.05) is 17.6 Å². The van der Waals surface area contributed by atoms with E-state index < -0.39 is 11.1 Å². The summed E-state index contributed by atoms with van der Waals surface area (Å²) < 4.78 is 9.68. The molecule has 1 atom stereocenters. The van der Waals surface area contributed by atoms with Crippen LogP contribution in [0.1, 0.15) is 13.8 Å². The second-order valence-electron chi connectivity index (χ2n) is 2.08. The Bertz CT molecular complexity index is 81.4. The molecule has 8 heavy (non-hydrogen) atoms. The third-order valence-electron chi connectivity index (χ3n) is 0.647. The SMILES string of the molecule is CC(C)CNS(=N)N. The zero-order valence-electron chi connectivity index (χ0n) is 5.27. The molecule has 0 aromatic carbocycles. The van der Waals surface area contributed by atoms with Gasteiger partial charge in [-0.15, -0.1) is 0 Å². The molecule has 0 aliphatic carbocycles. The Hall–Kier alpha value is 0.0700. The molecule has 4 N–H and O–H groups in total. The van der Waals surface area contributed by atoms with Crippen LogP contribution in [0.15, 0.2) is 0 Å². The molecule has 50 valence electrons. The molecule has 0 bridgehead atoms. The molecule has 3 nitrogen and oxygen atoms in total. The highest BCUT2D eigenvalue weighted by molar-refractivity contribution is 7.81. The van der Waals surface area contributed by atoms with Crippen molar-refractivity contribution in [2.45, 2.75) is 13.8 Å². The zero-order chi connectivity index (χ0) is 6.57. The molecule has 0 spiro atoms. The fraction of sp³-hybridized carbons (Fsp3) is 1.00. The van der Waals surface area contributed by atoms with Crippen LogP contribution in [-0.2, 0) is 11.1 Å². The molecule has 1 unspecified atom stereocenters. The van der Waals surface area contributed by atoms with Crippen LogP contribution in [0.5, 0.6) is 0 Å². The highest BCUT2D eigenvalue weighted by atomic mass is 32.2. The van der Waals surface area contributed by atoms with Crippen molar-refractivity contribution in [3.8, 4) is 0 Å². The van der Waals surface area contributed by atoms with Gasteiger partial charge in [0.2, 0.25) is 0 Å². The van der Waals surface area contributed by atoms with E-state index in [4.69, 9.17) is 9.92 Å². The maximum atomic E-state index is 6.87. The molecule has 0 saturated carbocycles. The van der Waals surface area contributed by atoms with Crippen molar-refractivity contribution in [3.63, 3.8) is 0 Å². The summed E-state index contributed by atoms with van der Waals surface area (Å²) in [6, 6.07) is 0. The Kier molecular flexibility index (Phi) is 4.03. The van der Waals surface area contributed by atoms with Crippen molar-refractivity contribution in [2.24, 2.45) is 11.1 Å². The summed E-state index contributed by atoms with van der Waals surface area (Å²) in [6.07, 6.45) is 0. The highest BCUT2D eigenvalue weighted by Gasteiger charge is 1.90. The number of hydrogen-bond donors (Lipinski definition) is 3. The molecule has 0 aromatic rings. The lowest BCUT2D eigenvalue weighted by atomic mass is 10.2. The van der Waals surface area contributed by atoms with E-state index in [0.717, 1.165) is 6.54 Å². The average Bonchev–Trinajstić information content (AvgIpc) is 1.61. The van der Waals surface area contributed by atoms with E-state index in [-0.39, 0.29) is 0 Å². The van der Waals surface area contributed by atoms with Crippen LogP contribution in [0.2, 0.25) is 0 Å². The Balaban J connectivity index is 3.05. The molecule has 0 heterocycles. The minimum atomic E-state index is -0.836. The lowest BCUT2D eigenvalue weighted by molar-refractivity contribution is 0.638. The highest BCUT2D eigenvalue weighted by Crippen LogP contribution is 1.85. The van der Waals surface area contributed by atoms with Crippen LogP contribution >= 0.6 is 0 Å². The molecule has 0 rings (SSSR count). The maximum absolute atomic E-state index is 6.87. The molecule has 0 amide bonds. The summed E-state index contributed by atoms with van der Waals surface area (Å²) in [5.74, 6) is 0.582. The van der Waals surface area contributed by atoms with E-state index in [1.807, 2.05) is 0 Å². The van der Waals surface area contributed by atoms with Gasteiger partial charge in [-0.25, -0.2) is 4.72 Å². The summed E-state index contributed by atoms with van der Waals surface area (Å²) in [6.45, 7) is 5.00. The van der Waals surface area contributed by atoms with Gasteiger partial charge >= 0.3 is 0 Å². The third-order valence-corrected chi connectivity index (χ3v) is 1.12. The number of nitrogens with one attached hydrogen (secondary N) is 2. The minimum Gasteiger partial charge on any atom is -0.256 e. The van der Waals surface area contributed by atoms with Gasteiger partial charge in [-0.05, 0) is 5.92 Å². The molecular weight excluding hydrogens is 122 g/mol. The molecule has 0 radical (unpaired) electrons. The van der Waals surface area contributed by atoms with E-state index in [9.17, 15) is 0 Å². The van der Waals surface area contributed by atoms with Gasteiger partial charge in [-0.2, -0.15) is 0 Å². The molecule has 0 saturated heterocycles. The number of hydrogen-bond acceptors (Lipinski definition) is 1. The van der Waals surface area contributed by atoms with E-state index in [0.29, 0.717) is 5.92 Å². The van der Waals surface area contributed by atoms with Crippen LogP contribution in [-0.4, -0.2) is 6.54 Å². The second kappa shape index (κ2) is 4.00. The fourth-order valence-electron chi connectivity index (χ4n) is 0.256. The van der Waals surface area contributed by atoms with Crippen LogP contribution in [0, 0.1) is 10.7 Å². The monoisotopic (exact) mass is 135 g/mol. The standard InChI is InChI=1S/C4H13N3S/c1-4(2)3-7-8(5)6/h4H,3H2,1-2H3,(H4,5,6,7). The second-order valence-corrected chi connectivity index (χ2v) is 3.04. The third kappa shape index (κ3) is 6.07. The summed E-state index contributed by atoms with van der Waals surface area (Å²) in [5, 5.41) is 5.12. The van der Waals surface area contributed by atoms with Crippen molar-refractivity contribution in [2.75, 3.05) is 6.54 Å². The summed E-state index contributed by atoms with van der Waals surface area (Å²) in [7, 11) is 0. The first-order valence-corrected chi connectivity index (χ1v) is 3.85. The smallest absolute Gasteiger partial charge is 0.0340 e. The largest absolute Gasteiger partial charge is 0.256 e. The van der Waals surface area contributed by atoms with Gasteiger partial charge in [0.1, 0.15) is 0 Å². The Morgan fingerprint density at radius 3 is 2.38 bits per heavy atom. The average molecular weight is 135 g/mol. The van der Waals surface area contributed by atoms with Gasteiger partial charge in [0.25, 0.3) is 0 Å². The zero-order valence-corrected chi connectivity index (χ0v) is 6.09. The lowest BCUT2D eigenvalue weighted by Crippen LogP contribution is -2.26. The normalized spacial score (nSPS) is 14.5. The first kappa shape index (κ1) is 8.07. The Labute approximate surface area is 52.8 Å². The van der Waals surface area contributed by atoms with Crippen LogP contribution in [0.4, 0.5) is 0 Å². The topological polar surface area (TPSA) is 61.9 Å². The first-order chi connectivity index (χ1) is 3.63. The van der Waals surface area contributed by atoms with E-state index in [2.05, 4.69) is 18.6 Å². The predicted molar refractivity (Wildman–Crippen MR) is 37.1 cm³/mol. The first-order valence-electron chi connectivity index (χ1n) is 2.56. The lowest BCUT2D eigenvalue weighted by Gasteiger charge is -2.03. The maximum Gasteiger partial charge on any atom is 0.0340 e. The van der Waals surface area contributed by atoms with Gasteiger partial charge < -0.3 is 0 Å². The Morgan fingerprint density at radius 1 is 1.75 bits per heavy atom. The minimum absolute atomic E-state index is 0.582. The molecule has 0 aliphatic heterocycles. The van der Waals surface area contributed by atoms with Crippen molar-refractivity contribution in [1.29, 1.82) is 4.78 Å². The van der Waals surface area contributed by atoms with Crippen molar-refractivity contribution in [1.82, 2.24) is 4.72 Å². The summed E-state index contributed by atoms with van der Waals surface area (Å²) in [4.78, 5) is 0. The van der Waals surface area contributed by atoms with Gasteiger partial charge in [0.15, 0.2) is 0 Å². The molecule has 0 fully saturated rings. The number of nitrogens with two attached hydrogens (primary N) is 1. The Morgan fingerprint density at radius 2 is 2.25 bits per heavy atom. The fourth-order valence-corrected chi connectivity index (χ4v) is 0.769. The van der Waals surface area contributed by atoms with Crippen LogP contribution in [0.3, 0.4) is 0 Å². The molecular formula is C4H13N3S. The van der Waals surface area contributed by atoms with E-state index in [1.165, 1.54) is 0 Å². The molecule has 0 aromatic heterocycles. The quantitative estimate of drug-likeness (QED) is 0.524. The van der Waals surface area contributed by atoms with Crippen LogP contribution < -0.4 is 9.86 Å². The van der Waals surface area contributed by atoms with E-state index in [1.54, 1.807) is 0 Å². The van der Waals surface area contributed by atoms with Gasteiger partial charge in [0.05, 0.1) is 0 Å². The van der Waals surface area contributed by atoms with Crippen molar-refractivity contribution in [3.05, 3.63) is 0 Å². The van der Waals surface area contributed by atoms with Crippen molar-refractivity contribution >= 4 is 11.1 Å². The van der Waals surface area contributed by atoms with Crippen molar-refractivity contribution < 1.29 is 0 Å². The van der Waals surface area contributed by atoms with Gasteiger partial charge in [-0.3, -0.25) is 9.92 Å². The number of rotatable bonds is 3. The summed E-state index contributed by atoms with van der Waals surface area (Å²) in [5.41, 5.74) is 0.